The van der Waals surface area contributed by atoms with Gasteiger partial charge in [-0.1, -0.05) is 6.07 Å². The zero-order valence-corrected chi connectivity index (χ0v) is 13.1. The zero-order valence-electron chi connectivity index (χ0n) is 13.1. The van der Waals surface area contributed by atoms with Gasteiger partial charge in [0.1, 0.15) is 17.5 Å². The van der Waals surface area contributed by atoms with Crippen LogP contribution in [0, 0.1) is 0 Å². The lowest BCUT2D eigenvalue weighted by molar-refractivity contribution is -0.256. The van der Waals surface area contributed by atoms with Crippen molar-refractivity contribution in [1.82, 2.24) is 14.7 Å². The summed E-state index contributed by atoms with van der Waals surface area (Å²) < 4.78 is 18.2. The van der Waals surface area contributed by atoms with E-state index in [-0.39, 0.29) is 6.03 Å². The fourth-order valence-corrected chi connectivity index (χ4v) is 2.78. The molecular weight excluding hydrogens is 300 g/mol. The van der Waals surface area contributed by atoms with Crippen LogP contribution in [0.3, 0.4) is 0 Å². The van der Waals surface area contributed by atoms with Crippen LogP contribution in [0.2, 0.25) is 0 Å². The largest absolute Gasteiger partial charge is 0.379 e. The van der Waals surface area contributed by atoms with Gasteiger partial charge in [0.25, 0.3) is 0 Å². The van der Waals surface area contributed by atoms with Crippen LogP contribution in [0.25, 0.3) is 5.65 Å². The van der Waals surface area contributed by atoms with E-state index in [2.05, 4.69) is 15.6 Å². The Morgan fingerprint density at radius 3 is 3.04 bits per heavy atom. The van der Waals surface area contributed by atoms with Gasteiger partial charge in [0, 0.05) is 26.8 Å². The van der Waals surface area contributed by atoms with Gasteiger partial charge in [-0.3, -0.25) is 9.72 Å². The summed E-state index contributed by atoms with van der Waals surface area (Å²) in [4.78, 5) is 16.5. The number of ether oxygens (including phenoxy) is 3. The lowest BCUT2D eigenvalue weighted by atomic mass is 10.0. The van der Waals surface area contributed by atoms with Crippen molar-refractivity contribution in [1.29, 1.82) is 0 Å². The van der Waals surface area contributed by atoms with Crippen molar-refractivity contribution in [3.63, 3.8) is 0 Å². The number of nitrogens with one attached hydrogen (secondary N) is 2. The molecule has 2 amide bonds. The van der Waals surface area contributed by atoms with Gasteiger partial charge in [0.05, 0.1) is 19.4 Å². The number of carbonyl (C=O) groups excluding carboxylic acids is 1. The molecule has 1 fully saturated rings. The minimum atomic E-state index is -0.880. The van der Waals surface area contributed by atoms with Gasteiger partial charge in [-0.2, -0.15) is 0 Å². The first-order valence-electron chi connectivity index (χ1n) is 7.36. The molecule has 1 saturated heterocycles. The Kier molecular flexibility index (Phi) is 4.46. The van der Waals surface area contributed by atoms with Crippen molar-refractivity contribution in [2.45, 2.75) is 18.2 Å². The second-order valence-corrected chi connectivity index (χ2v) is 5.27. The van der Waals surface area contributed by atoms with Crippen LogP contribution in [-0.4, -0.2) is 54.7 Å². The number of aromatic nitrogens is 2. The van der Waals surface area contributed by atoms with E-state index >= 15 is 0 Å². The number of urea groups is 1. The van der Waals surface area contributed by atoms with Crippen molar-refractivity contribution in [3.8, 4) is 0 Å². The van der Waals surface area contributed by atoms with Gasteiger partial charge in [0.15, 0.2) is 5.79 Å². The lowest BCUT2D eigenvalue weighted by Gasteiger charge is -2.41. The summed E-state index contributed by atoms with van der Waals surface area (Å²) in [6.07, 6.45) is 3.98. The number of carbonyl (C=O) groups is 1. The molecule has 0 bridgehead atoms. The number of amides is 2. The van der Waals surface area contributed by atoms with Crippen LogP contribution in [0.4, 0.5) is 10.6 Å². The van der Waals surface area contributed by atoms with E-state index in [9.17, 15) is 4.79 Å². The molecule has 2 N–H and O–H groups in total. The van der Waals surface area contributed by atoms with Crippen LogP contribution in [0.1, 0.15) is 6.42 Å². The van der Waals surface area contributed by atoms with Crippen molar-refractivity contribution >= 4 is 17.5 Å². The first-order chi connectivity index (χ1) is 11.2. The summed E-state index contributed by atoms with van der Waals surface area (Å²) in [5.74, 6) is -0.301. The Morgan fingerprint density at radius 2 is 2.26 bits per heavy atom. The Labute approximate surface area is 133 Å². The molecule has 0 saturated carbocycles. The second kappa shape index (κ2) is 6.53. The average molecular weight is 320 g/mol. The summed E-state index contributed by atoms with van der Waals surface area (Å²) in [6.45, 7) is 0.844. The Hall–Kier alpha value is -2.16. The van der Waals surface area contributed by atoms with Crippen LogP contribution >= 0.6 is 0 Å². The maximum Gasteiger partial charge on any atom is 0.320 e. The molecule has 3 rings (SSSR count). The average Bonchev–Trinajstić information content (AvgIpc) is 2.99. The molecular formula is C15H20N4O4. The third-order valence-corrected chi connectivity index (χ3v) is 4.07. The highest BCUT2D eigenvalue weighted by atomic mass is 16.7. The zero-order chi connectivity index (χ0) is 16.3. The quantitative estimate of drug-likeness (QED) is 0.828. The monoisotopic (exact) mass is 320 g/mol. The van der Waals surface area contributed by atoms with E-state index in [1.807, 2.05) is 24.4 Å². The Bertz CT molecular complexity index is 683. The number of hydrogen-bond acceptors (Lipinski definition) is 5. The third kappa shape index (κ3) is 3.00. The molecule has 2 aromatic heterocycles. The van der Waals surface area contributed by atoms with E-state index in [1.165, 1.54) is 0 Å². The standard InChI is InChI=1S/C15H20N4O4/c1-21-15(22-2)6-8-23-10-11(15)17-14(20)18-13-9-16-12-5-3-4-7-19(12)13/h3-5,7,9,11H,6,8,10H2,1-2H3,(H2,17,18,20). The number of pyridine rings is 1. The molecule has 2 aromatic rings. The van der Waals surface area contributed by atoms with Crippen molar-refractivity contribution in [3.05, 3.63) is 30.6 Å². The highest BCUT2D eigenvalue weighted by Crippen LogP contribution is 2.25. The number of methoxy groups -OCH3 is 2. The SMILES string of the molecule is COC1(OC)CCOCC1NC(=O)Nc1cnc2ccccn12. The van der Waals surface area contributed by atoms with E-state index in [1.54, 1.807) is 24.8 Å². The maximum absolute atomic E-state index is 12.3. The predicted octanol–water partition coefficient (Wildman–Crippen LogP) is 1.23. The van der Waals surface area contributed by atoms with Gasteiger partial charge in [-0.25, -0.2) is 9.78 Å². The molecule has 0 radical (unpaired) electrons. The van der Waals surface area contributed by atoms with Gasteiger partial charge < -0.3 is 19.5 Å². The molecule has 1 unspecified atom stereocenters. The van der Waals surface area contributed by atoms with Gasteiger partial charge >= 0.3 is 6.03 Å². The fraction of sp³-hybridized carbons (Fsp3) is 0.467. The summed E-state index contributed by atoms with van der Waals surface area (Å²) in [7, 11) is 3.12. The molecule has 0 aliphatic carbocycles. The van der Waals surface area contributed by atoms with E-state index in [0.29, 0.717) is 25.5 Å². The minimum absolute atomic E-state index is 0.322. The number of anilines is 1. The number of fused-ring (bicyclic) bond motifs is 1. The molecule has 3 heterocycles. The number of imidazole rings is 1. The molecule has 8 heteroatoms. The molecule has 8 nitrogen and oxygen atoms in total. The molecule has 1 aliphatic heterocycles. The lowest BCUT2D eigenvalue weighted by Crippen LogP contribution is -2.60. The van der Waals surface area contributed by atoms with E-state index in [0.717, 1.165) is 5.65 Å². The number of rotatable bonds is 4. The first kappa shape index (κ1) is 15.7. The van der Waals surface area contributed by atoms with Crippen molar-refractivity contribution in [2.75, 3.05) is 32.8 Å². The molecule has 23 heavy (non-hydrogen) atoms. The summed E-state index contributed by atoms with van der Waals surface area (Å²) in [6, 6.07) is 4.83. The van der Waals surface area contributed by atoms with Crippen LogP contribution < -0.4 is 10.6 Å². The highest BCUT2D eigenvalue weighted by molar-refractivity contribution is 5.89. The van der Waals surface area contributed by atoms with Crippen molar-refractivity contribution < 1.29 is 19.0 Å². The summed E-state index contributed by atoms with van der Waals surface area (Å²) in [5, 5.41) is 5.63. The molecule has 0 spiro atoms. The Balaban J connectivity index is 1.71. The molecule has 1 atom stereocenters. The summed E-state index contributed by atoms with van der Waals surface area (Å²) >= 11 is 0. The van der Waals surface area contributed by atoms with E-state index < -0.39 is 11.8 Å². The number of hydrogen-bond donors (Lipinski definition) is 2. The highest BCUT2D eigenvalue weighted by Gasteiger charge is 2.43. The van der Waals surface area contributed by atoms with Crippen LogP contribution in [-0.2, 0) is 14.2 Å². The second-order valence-electron chi connectivity index (χ2n) is 5.27. The third-order valence-electron chi connectivity index (χ3n) is 4.07. The molecule has 124 valence electrons. The minimum Gasteiger partial charge on any atom is -0.379 e. The number of nitrogens with zero attached hydrogens (tertiary/aromatic N) is 2. The van der Waals surface area contributed by atoms with Gasteiger partial charge in [-0.15, -0.1) is 0 Å². The van der Waals surface area contributed by atoms with Crippen LogP contribution in [0.15, 0.2) is 30.6 Å². The van der Waals surface area contributed by atoms with Gasteiger partial charge in [-0.05, 0) is 12.1 Å². The summed E-state index contributed by atoms with van der Waals surface area (Å²) in [5.41, 5.74) is 0.756. The smallest absolute Gasteiger partial charge is 0.320 e. The van der Waals surface area contributed by atoms with E-state index in [4.69, 9.17) is 14.2 Å². The van der Waals surface area contributed by atoms with Gasteiger partial charge in [0.2, 0.25) is 0 Å². The molecule has 1 aliphatic rings. The topological polar surface area (TPSA) is 86.1 Å². The normalized spacial score (nSPS) is 20.3. The fourth-order valence-electron chi connectivity index (χ4n) is 2.78. The molecule has 0 aromatic carbocycles. The Morgan fingerprint density at radius 1 is 1.43 bits per heavy atom. The van der Waals surface area contributed by atoms with Crippen molar-refractivity contribution in [2.24, 2.45) is 0 Å². The first-order valence-corrected chi connectivity index (χ1v) is 7.36. The van der Waals surface area contributed by atoms with Crippen LogP contribution in [0.5, 0.6) is 0 Å². The maximum atomic E-state index is 12.3. The predicted molar refractivity (Wildman–Crippen MR) is 83.3 cm³/mol.